The quantitative estimate of drug-likeness (QED) is 0.833. The maximum Gasteiger partial charge on any atom is 0.240 e. The van der Waals surface area contributed by atoms with Crippen LogP contribution in [-0.2, 0) is 19.9 Å². The van der Waals surface area contributed by atoms with Crippen molar-refractivity contribution in [2.75, 3.05) is 19.4 Å². The molecule has 1 aliphatic rings. The van der Waals surface area contributed by atoms with Gasteiger partial charge in [-0.15, -0.1) is 0 Å². The number of hydrogen-bond donors (Lipinski definition) is 1. The second-order valence-corrected chi connectivity index (χ2v) is 9.38. The van der Waals surface area contributed by atoms with Crippen LogP contribution in [-0.4, -0.2) is 42.3 Å². The van der Waals surface area contributed by atoms with Crippen LogP contribution in [0.15, 0.2) is 58.3 Å². The van der Waals surface area contributed by atoms with Gasteiger partial charge in [0.05, 0.1) is 16.3 Å². The molecule has 1 N–H and O–H groups in total. The third-order valence-corrected chi connectivity index (χ3v) is 6.20. The number of hydrogen-bond acceptors (Lipinski definition) is 6. The van der Waals surface area contributed by atoms with Crippen molar-refractivity contribution in [3.63, 3.8) is 0 Å². The molecule has 0 amide bonds. The average Bonchev–Trinajstić information content (AvgIpc) is 2.59. The number of ether oxygens (including phenoxy) is 2. The summed E-state index contributed by atoms with van der Waals surface area (Å²) in [6, 6.07) is 12.2. The van der Waals surface area contributed by atoms with E-state index >= 15 is 0 Å². The van der Waals surface area contributed by atoms with Gasteiger partial charge >= 0.3 is 0 Å². The van der Waals surface area contributed by atoms with Crippen LogP contribution in [0.25, 0.3) is 0 Å². The Balaban J connectivity index is 1.66. The third kappa shape index (κ3) is 4.12. The molecule has 0 saturated carbocycles. The first-order valence-electron chi connectivity index (χ1n) is 7.44. The Kier molecular flexibility index (Phi) is 4.72. The molecule has 0 aliphatic carbocycles. The largest absolute Gasteiger partial charge is 0.486 e. The summed E-state index contributed by atoms with van der Waals surface area (Å²) in [5.74, 6) is 1.19. The van der Waals surface area contributed by atoms with E-state index in [1.165, 1.54) is 24.3 Å². The maximum atomic E-state index is 12.3. The van der Waals surface area contributed by atoms with Gasteiger partial charge in [0.25, 0.3) is 0 Å². The van der Waals surface area contributed by atoms with Crippen molar-refractivity contribution in [2.45, 2.75) is 15.9 Å². The minimum absolute atomic E-state index is 0.0166. The molecule has 1 heterocycles. The Labute approximate surface area is 146 Å². The molecular formula is C16H17NO6S2. The zero-order chi connectivity index (χ0) is 18.1. The molecule has 2 aromatic carbocycles. The standard InChI is InChI=1S/C16H17NO6S2/c1-24(18,19)13-6-8-14(9-7-13)25(20,21)17-10-12-11-22-15-4-2-3-5-16(15)23-12/h2-9,12,17H,10-11H2,1H3. The lowest BCUT2D eigenvalue weighted by atomic mass is 10.2. The number of rotatable bonds is 5. The van der Waals surface area contributed by atoms with Crippen LogP contribution < -0.4 is 14.2 Å². The van der Waals surface area contributed by atoms with Gasteiger partial charge in [-0.05, 0) is 36.4 Å². The second kappa shape index (κ2) is 6.66. The van der Waals surface area contributed by atoms with Gasteiger partial charge in [0.1, 0.15) is 12.7 Å². The minimum atomic E-state index is -3.78. The van der Waals surface area contributed by atoms with Gasteiger partial charge in [-0.3, -0.25) is 0 Å². The van der Waals surface area contributed by atoms with Gasteiger partial charge in [-0.25, -0.2) is 21.6 Å². The molecule has 25 heavy (non-hydrogen) atoms. The first-order chi connectivity index (χ1) is 11.8. The zero-order valence-corrected chi connectivity index (χ0v) is 15.0. The number of benzene rings is 2. The number of sulfone groups is 1. The molecule has 0 bridgehead atoms. The number of sulfonamides is 1. The van der Waals surface area contributed by atoms with Crippen molar-refractivity contribution in [3.8, 4) is 11.5 Å². The topological polar surface area (TPSA) is 98.8 Å². The van der Waals surface area contributed by atoms with Crippen molar-refractivity contribution in [3.05, 3.63) is 48.5 Å². The number of para-hydroxylation sites is 2. The molecule has 2 aromatic rings. The lowest BCUT2D eigenvalue weighted by Gasteiger charge is -2.26. The third-order valence-electron chi connectivity index (χ3n) is 3.63. The summed E-state index contributed by atoms with van der Waals surface area (Å²) in [5, 5.41) is 0. The van der Waals surface area contributed by atoms with E-state index in [1.807, 2.05) is 6.07 Å². The molecule has 7 nitrogen and oxygen atoms in total. The second-order valence-electron chi connectivity index (χ2n) is 5.59. The average molecular weight is 383 g/mol. The molecule has 1 unspecified atom stereocenters. The summed E-state index contributed by atoms with van der Waals surface area (Å²) in [4.78, 5) is 0.0455. The van der Waals surface area contributed by atoms with E-state index in [0.717, 1.165) is 6.26 Å². The van der Waals surface area contributed by atoms with Gasteiger partial charge < -0.3 is 9.47 Å². The summed E-state index contributed by atoms with van der Waals surface area (Å²) in [7, 11) is -7.15. The van der Waals surface area contributed by atoms with Gasteiger partial charge in [-0.1, -0.05) is 12.1 Å². The van der Waals surface area contributed by atoms with E-state index in [0.29, 0.717) is 11.5 Å². The molecule has 0 fully saturated rings. The number of fused-ring (bicyclic) bond motifs is 1. The summed E-state index contributed by atoms with van der Waals surface area (Å²) < 4.78 is 61.2. The highest BCUT2D eigenvalue weighted by Gasteiger charge is 2.23. The highest BCUT2D eigenvalue weighted by Crippen LogP contribution is 2.30. The Bertz CT molecular complexity index is 968. The van der Waals surface area contributed by atoms with Crippen molar-refractivity contribution >= 4 is 19.9 Å². The first-order valence-corrected chi connectivity index (χ1v) is 10.8. The van der Waals surface area contributed by atoms with Crippen molar-refractivity contribution < 1.29 is 26.3 Å². The SMILES string of the molecule is CS(=O)(=O)c1ccc(S(=O)(=O)NCC2COc3ccccc3O2)cc1. The van der Waals surface area contributed by atoms with E-state index in [-0.39, 0.29) is 22.9 Å². The lowest BCUT2D eigenvalue weighted by Crippen LogP contribution is -2.40. The van der Waals surface area contributed by atoms with Crippen LogP contribution in [0.4, 0.5) is 0 Å². The molecule has 3 rings (SSSR count). The van der Waals surface area contributed by atoms with Crippen molar-refractivity contribution in [2.24, 2.45) is 0 Å². The Hall–Kier alpha value is -2.10. The van der Waals surface area contributed by atoms with Crippen LogP contribution in [0.5, 0.6) is 11.5 Å². The Morgan fingerprint density at radius 2 is 1.56 bits per heavy atom. The highest BCUT2D eigenvalue weighted by molar-refractivity contribution is 7.90. The lowest BCUT2D eigenvalue weighted by molar-refractivity contribution is 0.0943. The summed E-state index contributed by atoms with van der Waals surface area (Å²) in [6.07, 6.45) is 0.604. The summed E-state index contributed by atoms with van der Waals surface area (Å²) >= 11 is 0. The monoisotopic (exact) mass is 383 g/mol. The van der Waals surface area contributed by atoms with Gasteiger partial charge in [0.2, 0.25) is 10.0 Å². The van der Waals surface area contributed by atoms with Crippen LogP contribution in [0, 0.1) is 0 Å². The van der Waals surface area contributed by atoms with Crippen LogP contribution in [0.1, 0.15) is 0 Å². The molecule has 9 heteroatoms. The van der Waals surface area contributed by atoms with Crippen LogP contribution in [0.3, 0.4) is 0 Å². The molecule has 134 valence electrons. The van der Waals surface area contributed by atoms with Crippen molar-refractivity contribution in [1.82, 2.24) is 4.72 Å². The Morgan fingerprint density at radius 3 is 2.20 bits per heavy atom. The van der Waals surface area contributed by atoms with Crippen LogP contribution >= 0.6 is 0 Å². The predicted molar refractivity (Wildman–Crippen MR) is 91.1 cm³/mol. The van der Waals surface area contributed by atoms with Crippen LogP contribution in [0.2, 0.25) is 0 Å². The molecule has 0 saturated heterocycles. The fraction of sp³-hybridized carbons (Fsp3) is 0.250. The molecule has 0 radical (unpaired) electrons. The van der Waals surface area contributed by atoms with E-state index < -0.39 is 26.0 Å². The van der Waals surface area contributed by atoms with Gasteiger partial charge in [-0.2, -0.15) is 0 Å². The van der Waals surface area contributed by atoms with Crippen molar-refractivity contribution in [1.29, 1.82) is 0 Å². The first kappa shape index (κ1) is 17.7. The Morgan fingerprint density at radius 1 is 0.960 bits per heavy atom. The maximum absolute atomic E-state index is 12.3. The van der Waals surface area contributed by atoms with E-state index in [4.69, 9.17) is 9.47 Å². The fourth-order valence-electron chi connectivity index (χ4n) is 2.32. The predicted octanol–water partition coefficient (Wildman–Crippen LogP) is 1.21. The summed E-state index contributed by atoms with van der Waals surface area (Å²) in [6.45, 7) is 0.261. The number of nitrogens with one attached hydrogen (secondary N) is 1. The zero-order valence-electron chi connectivity index (χ0n) is 13.4. The van der Waals surface area contributed by atoms with E-state index in [2.05, 4.69) is 4.72 Å². The van der Waals surface area contributed by atoms with Gasteiger partial charge in [0.15, 0.2) is 21.3 Å². The minimum Gasteiger partial charge on any atom is -0.486 e. The normalized spacial score (nSPS) is 17.2. The molecule has 0 spiro atoms. The molecule has 0 aromatic heterocycles. The van der Waals surface area contributed by atoms with Gasteiger partial charge in [0, 0.05) is 6.26 Å². The summed E-state index contributed by atoms with van der Waals surface area (Å²) in [5.41, 5.74) is 0. The fourth-order valence-corrected chi connectivity index (χ4v) is 4.01. The van der Waals surface area contributed by atoms with E-state index in [1.54, 1.807) is 18.2 Å². The van der Waals surface area contributed by atoms with E-state index in [9.17, 15) is 16.8 Å². The molecular weight excluding hydrogens is 366 g/mol. The smallest absolute Gasteiger partial charge is 0.240 e. The molecule has 1 atom stereocenters. The highest BCUT2D eigenvalue weighted by atomic mass is 32.2. The molecule has 1 aliphatic heterocycles.